The van der Waals surface area contributed by atoms with Gasteiger partial charge in [0.25, 0.3) is 0 Å². The van der Waals surface area contributed by atoms with Gasteiger partial charge in [-0.3, -0.25) is 4.79 Å². The molecule has 2 aromatic heterocycles. The number of thiophene rings is 1. The lowest BCUT2D eigenvalue weighted by atomic mass is 10.1. The number of furan rings is 1. The number of hydrogen-bond donors (Lipinski definition) is 2. The van der Waals surface area contributed by atoms with Crippen molar-refractivity contribution in [1.29, 1.82) is 0 Å². The van der Waals surface area contributed by atoms with Crippen LogP contribution in [0.3, 0.4) is 0 Å². The molecule has 5 heteroatoms. The first kappa shape index (κ1) is 14.8. The summed E-state index contributed by atoms with van der Waals surface area (Å²) in [6.07, 6.45) is 0. The minimum absolute atomic E-state index is 0.0426. The Kier molecular flexibility index (Phi) is 4.62. The van der Waals surface area contributed by atoms with Gasteiger partial charge in [-0.05, 0) is 38.3 Å². The van der Waals surface area contributed by atoms with E-state index in [1.165, 1.54) is 12.5 Å². The number of carbonyl (C=O) groups excluding carboxylic acids is 1. The Balaban J connectivity index is 2.00. The summed E-state index contributed by atoms with van der Waals surface area (Å²) in [5.41, 5.74) is 2.07. The zero-order valence-corrected chi connectivity index (χ0v) is 13.1. The van der Waals surface area contributed by atoms with Crippen molar-refractivity contribution in [2.75, 3.05) is 5.32 Å². The van der Waals surface area contributed by atoms with Crippen molar-refractivity contribution in [3.8, 4) is 0 Å². The van der Waals surface area contributed by atoms with Crippen molar-refractivity contribution in [3.05, 3.63) is 39.5 Å². The maximum atomic E-state index is 11.1. The van der Waals surface area contributed by atoms with E-state index in [1.54, 1.807) is 11.3 Å². The van der Waals surface area contributed by atoms with Crippen LogP contribution < -0.4 is 10.6 Å². The van der Waals surface area contributed by atoms with Gasteiger partial charge in [0.15, 0.2) is 0 Å². The number of nitrogens with one attached hydrogen (secondary N) is 2. The first-order valence-electron chi connectivity index (χ1n) is 6.61. The van der Waals surface area contributed by atoms with E-state index in [0.29, 0.717) is 0 Å². The molecule has 0 bridgehead atoms. The molecule has 0 aromatic carbocycles. The molecule has 0 saturated heterocycles. The fourth-order valence-corrected chi connectivity index (χ4v) is 3.00. The second kappa shape index (κ2) is 6.24. The standard InChI is InChI=1S/C15H20N2O2S/c1-9-7-13(11(3)19-9)10(2)16-8-15-14(5-6-20-15)17-12(4)18/h5-7,10,16H,8H2,1-4H3,(H,17,18). The van der Waals surface area contributed by atoms with Crippen LogP contribution in [0.1, 0.15) is 41.9 Å². The van der Waals surface area contributed by atoms with E-state index in [4.69, 9.17) is 4.42 Å². The van der Waals surface area contributed by atoms with Gasteiger partial charge >= 0.3 is 0 Å². The van der Waals surface area contributed by atoms with Gasteiger partial charge in [-0.1, -0.05) is 0 Å². The molecule has 1 amide bonds. The quantitative estimate of drug-likeness (QED) is 0.882. The third kappa shape index (κ3) is 3.49. The number of amides is 1. The molecule has 0 aliphatic rings. The average molecular weight is 292 g/mol. The van der Waals surface area contributed by atoms with E-state index >= 15 is 0 Å². The van der Waals surface area contributed by atoms with E-state index in [0.717, 1.165) is 28.6 Å². The van der Waals surface area contributed by atoms with Crippen LogP contribution in [0.4, 0.5) is 5.69 Å². The molecule has 20 heavy (non-hydrogen) atoms. The fourth-order valence-electron chi connectivity index (χ4n) is 2.21. The first-order chi connectivity index (χ1) is 9.47. The van der Waals surface area contributed by atoms with E-state index in [9.17, 15) is 4.79 Å². The number of rotatable bonds is 5. The predicted molar refractivity (Wildman–Crippen MR) is 82.1 cm³/mol. The minimum Gasteiger partial charge on any atom is -0.466 e. The molecule has 108 valence electrons. The first-order valence-corrected chi connectivity index (χ1v) is 7.49. The van der Waals surface area contributed by atoms with E-state index in [2.05, 4.69) is 23.6 Å². The van der Waals surface area contributed by atoms with Gasteiger partial charge in [0, 0.05) is 30.0 Å². The number of aryl methyl sites for hydroxylation is 2. The van der Waals surface area contributed by atoms with Gasteiger partial charge in [-0.2, -0.15) is 0 Å². The van der Waals surface area contributed by atoms with Crippen LogP contribution in [0.15, 0.2) is 21.9 Å². The number of hydrogen-bond acceptors (Lipinski definition) is 4. The fraction of sp³-hybridized carbons (Fsp3) is 0.400. The van der Waals surface area contributed by atoms with Gasteiger partial charge in [0.2, 0.25) is 5.91 Å². The highest BCUT2D eigenvalue weighted by atomic mass is 32.1. The summed E-state index contributed by atoms with van der Waals surface area (Å²) in [6, 6.07) is 4.21. The van der Waals surface area contributed by atoms with Gasteiger partial charge in [-0.25, -0.2) is 0 Å². The topological polar surface area (TPSA) is 54.3 Å². The molecule has 0 aliphatic carbocycles. The molecular formula is C15H20N2O2S. The number of anilines is 1. The second-order valence-electron chi connectivity index (χ2n) is 4.91. The highest BCUT2D eigenvalue weighted by molar-refractivity contribution is 7.10. The predicted octanol–water partition coefficient (Wildman–Crippen LogP) is 3.77. The molecular weight excluding hydrogens is 272 g/mol. The van der Waals surface area contributed by atoms with Crippen LogP contribution >= 0.6 is 11.3 Å². The summed E-state index contributed by atoms with van der Waals surface area (Å²) in [5.74, 6) is 1.84. The Hall–Kier alpha value is -1.59. The zero-order valence-electron chi connectivity index (χ0n) is 12.2. The van der Waals surface area contributed by atoms with Gasteiger partial charge < -0.3 is 15.1 Å². The zero-order chi connectivity index (χ0) is 14.7. The van der Waals surface area contributed by atoms with Crippen LogP contribution in [0, 0.1) is 13.8 Å². The van der Waals surface area contributed by atoms with E-state index < -0.39 is 0 Å². The van der Waals surface area contributed by atoms with Crippen LogP contribution in [0.5, 0.6) is 0 Å². The molecule has 2 aromatic rings. The summed E-state index contributed by atoms with van der Waals surface area (Å²) in [6.45, 7) is 8.29. The highest BCUT2D eigenvalue weighted by Crippen LogP contribution is 2.25. The summed E-state index contributed by atoms with van der Waals surface area (Å²) in [5, 5.41) is 8.30. The SMILES string of the molecule is CC(=O)Nc1ccsc1CNC(C)c1cc(C)oc1C. The van der Waals surface area contributed by atoms with Crippen molar-refractivity contribution < 1.29 is 9.21 Å². The molecule has 0 saturated carbocycles. The molecule has 0 spiro atoms. The molecule has 2 heterocycles. The van der Waals surface area contributed by atoms with Crippen molar-refractivity contribution in [3.63, 3.8) is 0 Å². The van der Waals surface area contributed by atoms with Crippen LogP contribution in [0.25, 0.3) is 0 Å². The Morgan fingerprint density at radius 1 is 1.45 bits per heavy atom. The number of carbonyl (C=O) groups is 1. The molecule has 2 N–H and O–H groups in total. The van der Waals surface area contributed by atoms with Crippen molar-refractivity contribution in [2.24, 2.45) is 0 Å². The maximum absolute atomic E-state index is 11.1. The van der Waals surface area contributed by atoms with Crippen LogP contribution in [-0.4, -0.2) is 5.91 Å². The summed E-state index contributed by atoms with van der Waals surface area (Å²) in [4.78, 5) is 12.3. The Morgan fingerprint density at radius 2 is 2.20 bits per heavy atom. The van der Waals surface area contributed by atoms with Crippen molar-refractivity contribution >= 4 is 22.9 Å². The second-order valence-corrected chi connectivity index (χ2v) is 5.91. The third-order valence-electron chi connectivity index (χ3n) is 3.17. The molecule has 0 fully saturated rings. The van der Waals surface area contributed by atoms with Crippen molar-refractivity contribution in [2.45, 2.75) is 40.3 Å². The van der Waals surface area contributed by atoms with E-state index in [-0.39, 0.29) is 11.9 Å². The smallest absolute Gasteiger partial charge is 0.221 e. The monoisotopic (exact) mass is 292 g/mol. The van der Waals surface area contributed by atoms with Crippen LogP contribution in [0.2, 0.25) is 0 Å². The molecule has 2 rings (SSSR count). The minimum atomic E-state index is -0.0426. The summed E-state index contributed by atoms with van der Waals surface area (Å²) < 4.78 is 5.55. The third-order valence-corrected chi connectivity index (χ3v) is 4.09. The van der Waals surface area contributed by atoms with E-state index in [1.807, 2.05) is 25.3 Å². The molecule has 0 aliphatic heterocycles. The highest BCUT2D eigenvalue weighted by Gasteiger charge is 2.13. The largest absolute Gasteiger partial charge is 0.466 e. The van der Waals surface area contributed by atoms with Gasteiger partial charge in [-0.15, -0.1) is 11.3 Å². The molecule has 1 unspecified atom stereocenters. The normalized spacial score (nSPS) is 12.4. The Morgan fingerprint density at radius 3 is 2.80 bits per heavy atom. The summed E-state index contributed by atoms with van der Waals surface area (Å²) in [7, 11) is 0. The van der Waals surface area contributed by atoms with Crippen molar-refractivity contribution in [1.82, 2.24) is 5.32 Å². The Labute approximate surface area is 123 Å². The maximum Gasteiger partial charge on any atom is 0.221 e. The lowest BCUT2D eigenvalue weighted by molar-refractivity contribution is -0.114. The Bertz CT molecular complexity index is 601. The average Bonchev–Trinajstić information content (AvgIpc) is 2.92. The van der Waals surface area contributed by atoms with Crippen LogP contribution in [-0.2, 0) is 11.3 Å². The van der Waals surface area contributed by atoms with Gasteiger partial charge in [0.1, 0.15) is 11.5 Å². The lowest BCUT2D eigenvalue weighted by Gasteiger charge is -2.13. The lowest BCUT2D eigenvalue weighted by Crippen LogP contribution is -2.18. The summed E-state index contributed by atoms with van der Waals surface area (Å²) >= 11 is 1.64. The molecule has 0 radical (unpaired) electrons. The molecule has 4 nitrogen and oxygen atoms in total. The molecule has 1 atom stereocenters. The van der Waals surface area contributed by atoms with Gasteiger partial charge in [0.05, 0.1) is 5.69 Å².